The second kappa shape index (κ2) is 7.84. The number of carbonyl (C=O) groups is 1. The highest BCUT2D eigenvalue weighted by atomic mass is 16.5. The van der Waals surface area contributed by atoms with E-state index >= 15 is 0 Å². The molecule has 2 heterocycles. The number of fused-ring (bicyclic) bond motifs is 1. The predicted molar refractivity (Wildman–Crippen MR) is 98.8 cm³/mol. The first-order valence-electron chi connectivity index (χ1n) is 8.84. The number of anilines is 1. The van der Waals surface area contributed by atoms with E-state index in [1.54, 1.807) is 7.11 Å². The van der Waals surface area contributed by atoms with E-state index in [9.17, 15) is 4.79 Å². The van der Waals surface area contributed by atoms with E-state index in [1.807, 2.05) is 34.7 Å². The van der Waals surface area contributed by atoms with E-state index < -0.39 is 0 Å². The van der Waals surface area contributed by atoms with E-state index in [2.05, 4.69) is 10.3 Å². The number of rotatable bonds is 5. The van der Waals surface area contributed by atoms with E-state index in [-0.39, 0.29) is 11.9 Å². The molecule has 7 heteroatoms. The Hall–Kier alpha value is -2.12. The van der Waals surface area contributed by atoms with Crippen LogP contribution in [0.2, 0.25) is 0 Å². The van der Waals surface area contributed by atoms with Crippen molar-refractivity contribution in [2.45, 2.75) is 25.3 Å². The summed E-state index contributed by atoms with van der Waals surface area (Å²) in [5.41, 5.74) is 8.56. The first kappa shape index (κ1) is 17.7. The Morgan fingerprint density at radius 2 is 2.28 bits per heavy atom. The van der Waals surface area contributed by atoms with Crippen LogP contribution in [-0.4, -0.2) is 59.8 Å². The Kier molecular flexibility index (Phi) is 5.55. The average Bonchev–Trinajstić information content (AvgIpc) is 2.78. The number of hydrogen-bond donors (Lipinski definition) is 2. The van der Waals surface area contributed by atoms with Crippen molar-refractivity contribution in [3.8, 4) is 0 Å². The van der Waals surface area contributed by atoms with Gasteiger partial charge in [0, 0.05) is 45.4 Å². The van der Waals surface area contributed by atoms with Gasteiger partial charge in [0.1, 0.15) is 0 Å². The molecule has 3 N–H and O–H groups in total. The zero-order valence-corrected chi connectivity index (χ0v) is 15.0. The van der Waals surface area contributed by atoms with Gasteiger partial charge in [-0.05, 0) is 31.0 Å². The zero-order valence-electron chi connectivity index (χ0n) is 15.0. The van der Waals surface area contributed by atoms with Gasteiger partial charge in [-0.3, -0.25) is 4.79 Å². The summed E-state index contributed by atoms with van der Waals surface area (Å²) in [6, 6.07) is 5.77. The van der Waals surface area contributed by atoms with Crippen molar-refractivity contribution in [3.63, 3.8) is 0 Å². The Balaban J connectivity index is 1.81. The number of hydrogen-bond acceptors (Lipinski definition) is 5. The fourth-order valence-corrected chi connectivity index (χ4v) is 3.30. The van der Waals surface area contributed by atoms with E-state index in [4.69, 9.17) is 10.5 Å². The lowest BCUT2D eigenvalue weighted by Gasteiger charge is -2.22. The topological polar surface area (TPSA) is 85.4 Å². The smallest absolute Gasteiger partial charge is 0.253 e. The molecule has 3 rings (SSSR count). The van der Waals surface area contributed by atoms with Gasteiger partial charge in [0.05, 0.1) is 17.6 Å². The van der Waals surface area contributed by atoms with Crippen molar-refractivity contribution < 1.29 is 9.53 Å². The highest BCUT2D eigenvalue weighted by Gasteiger charge is 2.21. The summed E-state index contributed by atoms with van der Waals surface area (Å²) in [5.74, 6) is 0.812. The highest BCUT2D eigenvalue weighted by Crippen LogP contribution is 2.21. The maximum Gasteiger partial charge on any atom is 0.253 e. The van der Waals surface area contributed by atoms with Crippen molar-refractivity contribution in [2.24, 2.45) is 12.8 Å². The van der Waals surface area contributed by atoms with Crippen molar-refractivity contribution in [1.82, 2.24) is 14.5 Å². The molecule has 136 valence electrons. The number of ether oxygens (including phenoxy) is 1. The summed E-state index contributed by atoms with van der Waals surface area (Å²) in [5, 5.41) is 3.24. The maximum absolute atomic E-state index is 12.8. The second-order valence-electron chi connectivity index (χ2n) is 6.62. The van der Waals surface area contributed by atoms with Crippen LogP contribution in [0.25, 0.3) is 11.0 Å². The first-order valence-corrected chi connectivity index (χ1v) is 8.84. The fourth-order valence-electron chi connectivity index (χ4n) is 3.30. The SMILES string of the molecule is COCCNc1nc2cc(C(=O)N3CCCCC(N)C3)ccc2n1C. The van der Waals surface area contributed by atoms with Gasteiger partial charge in [0.15, 0.2) is 0 Å². The van der Waals surface area contributed by atoms with Gasteiger partial charge in [-0.1, -0.05) is 6.42 Å². The first-order chi connectivity index (χ1) is 12.1. The van der Waals surface area contributed by atoms with E-state index in [1.165, 1.54) is 0 Å². The summed E-state index contributed by atoms with van der Waals surface area (Å²) in [4.78, 5) is 19.3. The summed E-state index contributed by atoms with van der Waals surface area (Å²) >= 11 is 0. The molecule has 0 bridgehead atoms. The molecule has 2 aromatic rings. The molecular weight excluding hydrogens is 318 g/mol. The van der Waals surface area contributed by atoms with Crippen LogP contribution in [0.15, 0.2) is 18.2 Å². The van der Waals surface area contributed by atoms with Crippen LogP contribution in [0.3, 0.4) is 0 Å². The Labute approximate surface area is 148 Å². The molecule has 1 aliphatic heterocycles. The van der Waals surface area contributed by atoms with Gasteiger partial charge in [-0.2, -0.15) is 0 Å². The van der Waals surface area contributed by atoms with Crippen LogP contribution in [0, 0.1) is 0 Å². The zero-order chi connectivity index (χ0) is 17.8. The van der Waals surface area contributed by atoms with Gasteiger partial charge >= 0.3 is 0 Å². The number of aryl methyl sites for hydroxylation is 1. The molecule has 1 unspecified atom stereocenters. The molecule has 0 radical (unpaired) electrons. The molecule has 1 aromatic carbocycles. The quantitative estimate of drug-likeness (QED) is 0.804. The number of nitrogens with two attached hydrogens (primary N) is 1. The van der Waals surface area contributed by atoms with Crippen molar-refractivity contribution in [2.75, 3.05) is 38.7 Å². The van der Waals surface area contributed by atoms with Crippen molar-refractivity contribution in [1.29, 1.82) is 0 Å². The largest absolute Gasteiger partial charge is 0.383 e. The lowest BCUT2D eigenvalue weighted by molar-refractivity contribution is 0.0755. The van der Waals surface area contributed by atoms with Crippen LogP contribution < -0.4 is 11.1 Å². The van der Waals surface area contributed by atoms with Crippen molar-refractivity contribution >= 4 is 22.9 Å². The van der Waals surface area contributed by atoms with Crippen LogP contribution >= 0.6 is 0 Å². The minimum Gasteiger partial charge on any atom is -0.383 e. The van der Waals surface area contributed by atoms with E-state index in [0.717, 1.165) is 42.8 Å². The second-order valence-corrected chi connectivity index (χ2v) is 6.62. The molecule has 1 saturated heterocycles. The number of nitrogens with zero attached hydrogens (tertiary/aromatic N) is 3. The van der Waals surface area contributed by atoms with E-state index in [0.29, 0.717) is 25.3 Å². The van der Waals surface area contributed by atoms with Crippen LogP contribution in [-0.2, 0) is 11.8 Å². The lowest BCUT2D eigenvalue weighted by atomic mass is 10.1. The molecule has 0 saturated carbocycles. The highest BCUT2D eigenvalue weighted by molar-refractivity contribution is 5.97. The molecule has 25 heavy (non-hydrogen) atoms. The van der Waals surface area contributed by atoms with Gasteiger partial charge in [-0.25, -0.2) is 4.98 Å². The normalized spacial score (nSPS) is 18.4. The average molecular weight is 345 g/mol. The summed E-state index contributed by atoms with van der Waals surface area (Å²) in [6.45, 7) is 2.70. The van der Waals surface area contributed by atoms with Crippen molar-refractivity contribution in [3.05, 3.63) is 23.8 Å². The Morgan fingerprint density at radius 1 is 1.44 bits per heavy atom. The molecule has 1 aliphatic rings. The molecule has 0 aliphatic carbocycles. The number of benzene rings is 1. The third-order valence-electron chi connectivity index (χ3n) is 4.71. The fraction of sp³-hybridized carbons (Fsp3) is 0.556. The molecule has 1 amide bonds. The Bertz CT molecular complexity index is 742. The monoisotopic (exact) mass is 345 g/mol. The molecule has 1 aromatic heterocycles. The number of nitrogens with one attached hydrogen (secondary N) is 1. The number of imidazole rings is 1. The van der Waals surface area contributed by atoms with Crippen LogP contribution in [0.4, 0.5) is 5.95 Å². The number of carbonyl (C=O) groups excluding carboxylic acids is 1. The van der Waals surface area contributed by atoms with Gasteiger partial charge in [-0.15, -0.1) is 0 Å². The molecule has 1 atom stereocenters. The molecule has 1 fully saturated rings. The molecular formula is C18H27N5O2. The summed E-state index contributed by atoms with van der Waals surface area (Å²) in [7, 11) is 3.63. The number of methoxy groups -OCH3 is 1. The number of aromatic nitrogens is 2. The van der Waals surface area contributed by atoms with Gasteiger partial charge in [0.2, 0.25) is 5.95 Å². The predicted octanol–water partition coefficient (Wildman–Crippen LogP) is 1.58. The molecule has 0 spiro atoms. The summed E-state index contributed by atoms with van der Waals surface area (Å²) < 4.78 is 7.04. The number of likely N-dealkylation sites (tertiary alicyclic amines) is 1. The van der Waals surface area contributed by atoms with Crippen LogP contribution in [0.1, 0.15) is 29.6 Å². The summed E-state index contributed by atoms with van der Waals surface area (Å²) in [6.07, 6.45) is 3.08. The van der Waals surface area contributed by atoms with Gasteiger partial charge in [0.25, 0.3) is 5.91 Å². The lowest BCUT2D eigenvalue weighted by Crippen LogP contribution is -2.39. The third kappa shape index (κ3) is 3.93. The maximum atomic E-state index is 12.8. The Morgan fingerprint density at radius 3 is 3.08 bits per heavy atom. The third-order valence-corrected chi connectivity index (χ3v) is 4.71. The standard InChI is InChI=1S/C18H27N5O2/c1-22-16-7-6-13(11-15(16)21-18(22)20-8-10-25-2)17(24)23-9-4-3-5-14(19)12-23/h6-7,11,14H,3-5,8-10,12,19H2,1-2H3,(H,20,21). The minimum atomic E-state index is 0.0406. The van der Waals surface area contributed by atoms with Gasteiger partial charge < -0.3 is 25.3 Å². The minimum absolute atomic E-state index is 0.0406. The van der Waals surface area contributed by atoms with Crippen LogP contribution in [0.5, 0.6) is 0 Å². The molecule has 7 nitrogen and oxygen atoms in total. The number of amides is 1.